The van der Waals surface area contributed by atoms with Gasteiger partial charge in [0.05, 0.1) is 23.3 Å². The molecule has 1 aliphatic rings. The van der Waals surface area contributed by atoms with Crippen LogP contribution in [0.3, 0.4) is 0 Å². The van der Waals surface area contributed by atoms with Crippen LogP contribution < -0.4 is 4.74 Å². The lowest BCUT2D eigenvalue weighted by atomic mass is 10.00. The number of hydrogen-bond donors (Lipinski definition) is 1. The average molecular weight is 307 g/mol. The van der Waals surface area contributed by atoms with Gasteiger partial charge in [0.2, 0.25) is 0 Å². The van der Waals surface area contributed by atoms with E-state index < -0.39 is 5.97 Å². The van der Waals surface area contributed by atoms with Crippen LogP contribution in [-0.2, 0) is 0 Å². The molecule has 23 heavy (non-hydrogen) atoms. The lowest BCUT2D eigenvalue weighted by Crippen LogP contribution is -2.12. The first-order valence-corrected chi connectivity index (χ1v) is 7.72. The Balaban J connectivity index is 2.04. The van der Waals surface area contributed by atoms with E-state index in [1.54, 1.807) is 36.4 Å². The summed E-state index contributed by atoms with van der Waals surface area (Å²) in [5, 5.41) is 18.3. The molecule has 0 saturated heterocycles. The minimum Gasteiger partial charge on any atom is -0.490 e. The molecule has 1 saturated carbocycles. The van der Waals surface area contributed by atoms with Crippen LogP contribution in [-0.4, -0.2) is 17.2 Å². The van der Waals surface area contributed by atoms with E-state index in [-0.39, 0.29) is 11.7 Å². The van der Waals surface area contributed by atoms with Crippen molar-refractivity contribution in [1.29, 1.82) is 5.26 Å². The molecule has 4 heteroatoms. The lowest BCUT2D eigenvalue weighted by Gasteiger charge is -2.17. The molecular weight excluding hydrogens is 290 g/mol. The second kappa shape index (κ2) is 6.53. The third-order valence-electron chi connectivity index (χ3n) is 4.13. The third kappa shape index (κ3) is 3.35. The molecular formula is C19H17NO3. The van der Waals surface area contributed by atoms with Gasteiger partial charge in [-0.3, -0.25) is 0 Å². The van der Waals surface area contributed by atoms with Gasteiger partial charge in [-0.05, 0) is 61.6 Å². The van der Waals surface area contributed by atoms with E-state index in [2.05, 4.69) is 6.07 Å². The molecule has 116 valence electrons. The van der Waals surface area contributed by atoms with Gasteiger partial charge in [0, 0.05) is 5.56 Å². The molecule has 1 fully saturated rings. The molecule has 0 aromatic heterocycles. The number of rotatable bonds is 4. The van der Waals surface area contributed by atoms with Gasteiger partial charge in [0.15, 0.2) is 0 Å². The SMILES string of the molecule is N#Cc1cccc(-c2cc(C(=O)O)ccc2OC2CCCC2)c1. The Morgan fingerprint density at radius 1 is 1.17 bits per heavy atom. The van der Waals surface area contributed by atoms with Gasteiger partial charge in [0.25, 0.3) is 0 Å². The first-order valence-electron chi connectivity index (χ1n) is 7.72. The monoisotopic (exact) mass is 307 g/mol. The minimum absolute atomic E-state index is 0.184. The van der Waals surface area contributed by atoms with Crippen molar-refractivity contribution in [2.45, 2.75) is 31.8 Å². The highest BCUT2D eigenvalue weighted by Gasteiger charge is 2.19. The number of ether oxygens (including phenoxy) is 1. The van der Waals surface area contributed by atoms with E-state index in [0.29, 0.717) is 16.9 Å². The predicted octanol–water partition coefficient (Wildman–Crippen LogP) is 4.24. The van der Waals surface area contributed by atoms with Crippen molar-refractivity contribution in [2.24, 2.45) is 0 Å². The zero-order chi connectivity index (χ0) is 16.2. The minimum atomic E-state index is -0.977. The average Bonchev–Trinajstić information content (AvgIpc) is 3.08. The summed E-state index contributed by atoms with van der Waals surface area (Å²) in [5.74, 6) is -0.299. The number of benzene rings is 2. The quantitative estimate of drug-likeness (QED) is 0.917. The summed E-state index contributed by atoms with van der Waals surface area (Å²) in [6.45, 7) is 0. The highest BCUT2D eigenvalue weighted by atomic mass is 16.5. The fourth-order valence-corrected chi connectivity index (χ4v) is 2.93. The summed E-state index contributed by atoms with van der Waals surface area (Å²) in [7, 11) is 0. The largest absolute Gasteiger partial charge is 0.490 e. The van der Waals surface area contributed by atoms with Crippen molar-refractivity contribution in [3.63, 3.8) is 0 Å². The summed E-state index contributed by atoms with van der Waals surface area (Å²) in [6, 6.07) is 14.1. The van der Waals surface area contributed by atoms with E-state index >= 15 is 0 Å². The maximum absolute atomic E-state index is 11.3. The fourth-order valence-electron chi connectivity index (χ4n) is 2.93. The van der Waals surface area contributed by atoms with E-state index in [4.69, 9.17) is 10.00 Å². The smallest absolute Gasteiger partial charge is 0.335 e. The molecule has 4 nitrogen and oxygen atoms in total. The van der Waals surface area contributed by atoms with Gasteiger partial charge in [-0.2, -0.15) is 5.26 Å². The Morgan fingerprint density at radius 3 is 2.65 bits per heavy atom. The number of carboxylic acids is 1. The number of carboxylic acid groups (broad SMARTS) is 1. The number of nitrogens with zero attached hydrogens (tertiary/aromatic N) is 1. The predicted molar refractivity (Wildman–Crippen MR) is 86.4 cm³/mol. The molecule has 1 N–H and O–H groups in total. The Labute approximate surface area is 134 Å². The summed E-state index contributed by atoms with van der Waals surface area (Å²) < 4.78 is 6.09. The van der Waals surface area contributed by atoms with Crippen LogP contribution in [0.15, 0.2) is 42.5 Å². The van der Waals surface area contributed by atoms with Crippen molar-refractivity contribution in [1.82, 2.24) is 0 Å². The molecule has 3 rings (SSSR count). The first kappa shape index (κ1) is 15.1. The second-order valence-electron chi connectivity index (χ2n) is 5.73. The van der Waals surface area contributed by atoms with E-state index in [1.165, 1.54) is 0 Å². The number of carbonyl (C=O) groups is 1. The van der Waals surface area contributed by atoms with Crippen molar-refractivity contribution in [2.75, 3.05) is 0 Å². The molecule has 2 aromatic rings. The van der Waals surface area contributed by atoms with Crippen molar-refractivity contribution < 1.29 is 14.6 Å². The van der Waals surface area contributed by atoms with Crippen LogP contribution in [0.25, 0.3) is 11.1 Å². The molecule has 0 heterocycles. The Kier molecular flexibility index (Phi) is 4.29. The van der Waals surface area contributed by atoms with Crippen molar-refractivity contribution >= 4 is 5.97 Å². The van der Waals surface area contributed by atoms with Crippen molar-refractivity contribution in [3.8, 4) is 22.9 Å². The Bertz CT molecular complexity index is 770. The number of aromatic carboxylic acids is 1. The molecule has 0 amide bonds. The maximum Gasteiger partial charge on any atom is 0.335 e. The Morgan fingerprint density at radius 2 is 1.96 bits per heavy atom. The molecule has 1 aliphatic carbocycles. The highest BCUT2D eigenvalue weighted by molar-refractivity contribution is 5.90. The van der Waals surface area contributed by atoms with Crippen LogP contribution in [0, 0.1) is 11.3 Å². The van der Waals surface area contributed by atoms with E-state index in [1.807, 2.05) is 6.07 Å². The zero-order valence-electron chi connectivity index (χ0n) is 12.7. The summed E-state index contributed by atoms with van der Waals surface area (Å²) in [5.41, 5.74) is 2.25. The fraction of sp³-hybridized carbons (Fsp3) is 0.263. The lowest BCUT2D eigenvalue weighted by molar-refractivity contribution is 0.0697. The van der Waals surface area contributed by atoms with Gasteiger partial charge in [0.1, 0.15) is 5.75 Å². The topological polar surface area (TPSA) is 70.3 Å². The van der Waals surface area contributed by atoms with Gasteiger partial charge in [-0.1, -0.05) is 12.1 Å². The summed E-state index contributed by atoms with van der Waals surface area (Å²) >= 11 is 0. The molecule has 0 spiro atoms. The van der Waals surface area contributed by atoms with Crippen LogP contribution in [0.4, 0.5) is 0 Å². The molecule has 0 radical (unpaired) electrons. The highest BCUT2D eigenvalue weighted by Crippen LogP contribution is 2.34. The molecule has 0 bridgehead atoms. The second-order valence-corrected chi connectivity index (χ2v) is 5.73. The van der Waals surface area contributed by atoms with E-state index in [0.717, 1.165) is 31.2 Å². The van der Waals surface area contributed by atoms with Gasteiger partial charge in [-0.15, -0.1) is 0 Å². The summed E-state index contributed by atoms with van der Waals surface area (Å²) in [4.78, 5) is 11.3. The summed E-state index contributed by atoms with van der Waals surface area (Å²) in [6.07, 6.45) is 4.56. The van der Waals surface area contributed by atoms with Crippen LogP contribution in [0.5, 0.6) is 5.75 Å². The standard InChI is InChI=1S/C19H17NO3/c20-12-13-4-3-5-14(10-13)17-11-15(19(21)22)8-9-18(17)23-16-6-1-2-7-16/h3-5,8-11,16H,1-2,6-7H2,(H,21,22). The van der Waals surface area contributed by atoms with Crippen LogP contribution in [0.2, 0.25) is 0 Å². The van der Waals surface area contributed by atoms with Gasteiger partial charge in [-0.25, -0.2) is 4.79 Å². The molecule has 0 atom stereocenters. The normalized spacial score (nSPS) is 14.4. The number of nitriles is 1. The Hall–Kier alpha value is -2.80. The van der Waals surface area contributed by atoms with Crippen molar-refractivity contribution in [3.05, 3.63) is 53.6 Å². The maximum atomic E-state index is 11.3. The van der Waals surface area contributed by atoms with Crippen LogP contribution in [0.1, 0.15) is 41.6 Å². The molecule has 0 aliphatic heterocycles. The van der Waals surface area contributed by atoms with E-state index in [9.17, 15) is 9.90 Å². The molecule has 0 unspecified atom stereocenters. The van der Waals surface area contributed by atoms with Gasteiger partial charge >= 0.3 is 5.97 Å². The van der Waals surface area contributed by atoms with Gasteiger partial charge < -0.3 is 9.84 Å². The number of hydrogen-bond acceptors (Lipinski definition) is 3. The zero-order valence-corrected chi connectivity index (χ0v) is 12.7. The first-order chi connectivity index (χ1) is 11.2. The van der Waals surface area contributed by atoms with Crippen LogP contribution >= 0.6 is 0 Å². The molecule has 2 aromatic carbocycles. The third-order valence-corrected chi connectivity index (χ3v) is 4.13.